The Morgan fingerprint density at radius 3 is 2.03 bits per heavy atom. The lowest BCUT2D eigenvalue weighted by Crippen LogP contribution is -2.21. The molecule has 1 atom stereocenters. The van der Waals surface area contributed by atoms with E-state index < -0.39 is 15.6 Å². The highest BCUT2D eigenvalue weighted by atomic mass is 35.5. The van der Waals surface area contributed by atoms with Gasteiger partial charge in [0.15, 0.2) is 10.1 Å². The molecule has 0 bridgehead atoms. The average Bonchev–Trinajstić information content (AvgIpc) is 2.85. The maximum atomic E-state index is 10.7. The number of alkyl halides is 3. The largest absolute Gasteiger partial charge is 0.741 e. The maximum Gasteiger partial charge on any atom is 0.485 e. The van der Waals surface area contributed by atoms with E-state index in [0.717, 1.165) is 22.6 Å². The van der Waals surface area contributed by atoms with Crippen molar-refractivity contribution in [3.8, 4) is 0 Å². The van der Waals surface area contributed by atoms with Crippen LogP contribution in [0.1, 0.15) is 22.7 Å². The molecule has 0 N–H and O–H groups in total. The van der Waals surface area contributed by atoms with Gasteiger partial charge in [0, 0.05) is 10.6 Å². The molecule has 0 fully saturated rings. The van der Waals surface area contributed by atoms with E-state index in [0.29, 0.717) is 15.1 Å². The Bertz CT molecular complexity index is 1050. The van der Waals surface area contributed by atoms with Crippen LogP contribution in [-0.4, -0.2) is 43.1 Å². The summed E-state index contributed by atoms with van der Waals surface area (Å²) in [7, 11) is -2.46. The molecule has 12 heteroatoms. The predicted octanol–water partition coefficient (Wildman–Crippen LogP) is 4.84. The highest BCUT2D eigenvalue weighted by Gasteiger charge is 2.40. The molecule has 0 spiro atoms. The van der Waals surface area contributed by atoms with Crippen molar-refractivity contribution in [1.82, 2.24) is 0 Å². The lowest BCUT2D eigenvalue weighted by atomic mass is 9.97. The molecule has 1 aliphatic rings. The van der Waals surface area contributed by atoms with Gasteiger partial charge in [-0.05, 0) is 18.2 Å². The standard InChI is InChI=1S/C16H13Cl3NO.CHF3O3S/c1-20-15(14-12(18)7-9(17)8-13(14)19)10-5-3-4-6-11(10)16(20)21-2;2-1(3,4)8(5,6)7/h3-8,15H,1-2H3;(H,5,6,7)/q+1;/p-1. The van der Waals surface area contributed by atoms with E-state index in [4.69, 9.17) is 52.5 Å². The fourth-order valence-corrected chi connectivity index (χ4v) is 3.89. The SMILES string of the molecule is COC1=[N+](C)C(c2c(Cl)cc(Cl)cc2Cl)c2ccccc21.O=S(=O)([O-])C(F)(F)F. The molecule has 0 saturated heterocycles. The number of methoxy groups -OCH3 is 1. The highest BCUT2D eigenvalue weighted by Crippen LogP contribution is 2.41. The van der Waals surface area contributed by atoms with Gasteiger partial charge in [-0.25, -0.2) is 8.42 Å². The second-order valence-corrected chi connectivity index (χ2v) is 8.41. The number of fused-ring (bicyclic) bond motifs is 1. The summed E-state index contributed by atoms with van der Waals surface area (Å²) in [5.41, 5.74) is -2.64. The third kappa shape index (κ3) is 4.97. The number of halogens is 6. The summed E-state index contributed by atoms with van der Waals surface area (Å²) in [5.74, 6) is 0.803. The fraction of sp³-hybridized carbons (Fsp3) is 0.235. The van der Waals surface area contributed by atoms with E-state index in [1.54, 1.807) is 19.2 Å². The van der Waals surface area contributed by atoms with Gasteiger partial charge in [0.1, 0.15) is 7.05 Å². The minimum atomic E-state index is -6.09. The van der Waals surface area contributed by atoms with Crippen LogP contribution in [0.3, 0.4) is 0 Å². The Balaban J connectivity index is 0.000000321. The molecule has 2 aromatic carbocycles. The van der Waals surface area contributed by atoms with Crippen molar-refractivity contribution >= 4 is 50.8 Å². The Labute approximate surface area is 180 Å². The van der Waals surface area contributed by atoms with Gasteiger partial charge in [-0.1, -0.05) is 53.0 Å². The number of nitrogens with zero attached hydrogens (tertiary/aromatic N) is 1. The summed E-state index contributed by atoms with van der Waals surface area (Å²) < 4.78 is 66.5. The molecule has 3 rings (SSSR count). The van der Waals surface area contributed by atoms with Gasteiger partial charge in [0.05, 0.1) is 28.3 Å². The van der Waals surface area contributed by atoms with E-state index in [1.807, 2.05) is 29.8 Å². The van der Waals surface area contributed by atoms with Crippen LogP contribution in [0, 0.1) is 0 Å². The van der Waals surface area contributed by atoms with Gasteiger partial charge in [0.25, 0.3) is 0 Å². The van der Waals surface area contributed by atoms with Crippen molar-refractivity contribution in [2.24, 2.45) is 0 Å². The summed E-state index contributed by atoms with van der Waals surface area (Å²) >= 11 is 18.8. The van der Waals surface area contributed by atoms with E-state index in [1.165, 1.54) is 0 Å². The van der Waals surface area contributed by atoms with Crippen LogP contribution >= 0.6 is 34.8 Å². The number of rotatable bonds is 1. The van der Waals surface area contributed by atoms with Crippen molar-refractivity contribution in [3.05, 3.63) is 68.2 Å². The zero-order chi connectivity index (χ0) is 22.1. The smallest absolute Gasteiger partial charge is 0.485 e. The number of hydrogen-bond donors (Lipinski definition) is 0. The summed E-state index contributed by atoms with van der Waals surface area (Å²) in [6.07, 6.45) is 0. The highest BCUT2D eigenvalue weighted by molar-refractivity contribution is 7.86. The van der Waals surface area contributed by atoms with Crippen LogP contribution < -0.4 is 0 Å². The quantitative estimate of drug-likeness (QED) is 0.326. The zero-order valence-electron chi connectivity index (χ0n) is 14.8. The number of hydrogen-bond acceptors (Lipinski definition) is 4. The van der Waals surface area contributed by atoms with Gasteiger partial charge in [-0.15, -0.1) is 0 Å². The topological polar surface area (TPSA) is 69.4 Å². The monoisotopic (exact) mass is 489 g/mol. The zero-order valence-corrected chi connectivity index (χ0v) is 17.9. The van der Waals surface area contributed by atoms with Crippen LogP contribution in [0.4, 0.5) is 13.2 Å². The third-order valence-electron chi connectivity index (χ3n) is 3.99. The Kier molecular flexibility index (Phi) is 7.12. The first kappa shape index (κ1) is 23.8. The van der Waals surface area contributed by atoms with Crippen LogP contribution in [0.2, 0.25) is 15.1 Å². The summed E-state index contributed by atoms with van der Waals surface area (Å²) in [6, 6.07) is 11.4. The second-order valence-electron chi connectivity index (χ2n) is 5.79. The first-order valence-electron chi connectivity index (χ1n) is 7.69. The van der Waals surface area contributed by atoms with Crippen molar-refractivity contribution in [2.75, 3.05) is 14.2 Å². The molecule has 1 heterocycles. The fourth-order valence-electron chi connectivity index (χ4n) is 2.86. The maximum absolute atomic E-state index is 10.7. The molecule has 29 heavy (non-hydrogen) atoms. The first-order valence-corrected chi connectivity index (χ1v) is 10.2. The molecule has 0 aromatic heterocycles. The molecule has 158 valence electrons. The summed E-state index contributed by atoms with van der Waals surface area (Å²) in [6.45, 7) is 0. The lowest BCUT2D eigenvalue weighted by molar-refractivity contribution is -0.535. The predicted molar refractivity (Wildman–Crippen MR) is 103 cm³/mol. The molecule has 0 amide bonds. The Morgan fingerprint density at radius 2 is 1.59 bits per heavy atom. The van der Waals surface area contributed by atoms with E-state index >= 15 is 0 Å². The van der Waals surface area contributed by atoms with E-state index in [-0.39, 0.29) is 6.04 Å². The lowest BCUT2D eigenvalue weighted by Gasteiger charge is -2.13. The number of ether oxygens (including phenoxy) is 1. The number of benzene rings is 2. The van der Waals surface area contributed by atoms with Crippen molar-refractivity contribution in [1.29, 1.82) is 0 Å². The minimum absolute atomic E-state index is 0.0894. The van der Waals surface area contributed by atoms with Crippen molar-refractivity contribution in [2.45, 2.75) is 11.6 Å². The molecular formula is C17H13Cl3F3NO4S. The van der Waals surface area contributed by atoms with Gasteiger partial charge >= 0.3 is 11.4 Å². The average molecular weight is 491 g/mol. The van der Waals surface area contributed by atoms with Crippen LogP contribution in [0.25, 0.3) is 0 Å². The van der Waals surface area contributed by atoms with Crippen LogP contribution in [0.15, 0.2) is 36.4 Å². The molecule has 0 aliphatic carbocycles. The summed E-state index contributed by atoms with van der Waals surface area (Å²) in [4.78, 5) is 0. The molecule has 1 unspecified atom stereocenters. The van der Waals surface area contributed by atoms with Gasteiger partial charge in [-0.3, -0.25) is 0 Å². The molecule has 0 saturated carbocycles. The normalized spacial score (nSPS) is 16.2. The van der Waals surface area contributed by atoms with Crippen molar-refractivity contribution < 1.29 is 35.5 Å². The second kappa shape index (κ2) is 8.69. The molecule has 1 aliphatic heterocycles. The molecule has 5 nitrogen and oxygen atoms in total. The summed E-state index contributed by atoms with van der Waals surface area (Å²) in [5, 5.41) is 1.63. The van der Waals surface area contributed by atoms with Gasteiger partial charge < -0.3 is 9.29 Å². The minimum Gasteiger partial charge on any atom is -0.741 e. The first-order chi connectivity index (χ1) is 13.3. The molecule has 2 aromatic rings. The van der Waals surface area contributed by atoms with Crippen LogP contribution in [-0.2, 0) is 14.9 Å². The Hall–Kier alpha value is -1.52. The van der Waals surface area contributed by atoms with E-state index in [2.05, 4.69) is 6.07 Å². The molecular weight excluding hydrogens is 478 g/mol. The van der Waals surface area contributed by atoms with Gasteiger partial charge in [-0.2, -0.15) is 17.7 Å². The van der Waals surface area contributed by atoms with Crippen LogP contribution in [0.5, 0.6) is 0 Å². The van der Waals surface area contributed by atoms with Gasteiger partial charge in [0.2, 0.25) is 6.04 Å². The molecule has 0 radical (unpaired) electrons. The van der Waals surface area contributed by atoms with Crippen molar-refractivity contribution in [3.63, 3.8) is 0 Å². The third-order valence-corrected chi connectivity index (χ3v) is 5.40. The van der Waals surface area contributed by atoms with E-state index in [9.17, 15) is 13.2 Å². The Morgan fingerprint density at radius 1 is 1.10 bits per heavy atom.